The zero-order chi connectivity index (χ0) is 15.6. The summed E-state index contributed by atoms with van der Waals surface area (Å²) in [7, 11) is 0. The van der Waals surface area contributed by atoms with E-state index in [0.717, 1.165) is 41.0 Å². The molecule has 0 unspecified atom stereocenters. The predicted octanol–water partition coefficient (Wildman–Crippen LogP) is 3.92. The molecule has 4 nitrogen and oxygen atoms in total. The molecule has 0 radical (unpaired) electrons. The van der Waals surface area contributed by atoms with Crippen LogP contribution < -0.4 is 0 Å². The van der Waals surface area contributed by atoms with E-state index in [1.165, 1.54) is 19.4 Å². The van der Waals surface area contributed by atoms with E-state index >= 15 is 0 Å². The zero-order valence-electron chi connectivity index (χ0n) is 13.4. The van der Waals surface area contributed by atoms with E-state index < -0.39 is 0 Å². The highest BCUT2D eigenvalue weighted by atomic mass is 16.3. The Morgan fingerprint density at radius 1 is 1.26 bits per heavy atom. The SMILES string of the molecule is C[C@@H]1CCCN1CCc1cc2cc(-c3cnccn3)ccc2o1. The summed E-state index contributed by atoms with van der Waals surface area (Å²) in [4.78, 5) is 11.0. The van der Waals surface area contributed by atoms with Crippen molar-refractivity contribution in [2.75, 3.05) is 13.1 Å². The molecule has 23 heavy (non-hydrogen) atoms. The summed E-state index contributed by atoms with van der Waals surface area (Å²) in [6.07, 6.45) is 8.82. The molecule has 1 atom stereocenters. The molecule has 4 rings (SSSR count). The highest BCUT2D eigenvalue weighted by molar-refractivity contribution is 5.83. The molecule has 0 amide bonds. The first-order chi connectivity index (χ1) is 11.3. The maximum Gasteiger partial charge on any atom is 0.134 e. The molecule has 0 bridgehead atoms. The summed E-state index contributed by atoms with van der Waals surface area (Å²) in [6, 6.07) is 9.08. The number of rotatable bonds is 4. The van der Waals surface area contributed by atoms with Gasteiger partial charge in [0.2, 0.25) is 0 Å². The van der Waals surface area contributed by atoms with Gasteiger partial charge in [-0.05, 0) is 50.6 Å². The molecule has 0 saturated carbocycles. The molecule has 1 aliphatic heterocycles. The minimum Gasteiger partial charge on any atom is -0.461 e. The van der Waals surface area contributed by atoms with E-state index in [0.29, 0.717) is 6.04 Å². The topological polar surface area (TPSA) is 42.2 Å². The fraction of sp³-hybridized carbons (Fsp3) is 0.368. The van der Waals surface area contributed by atoms with Crippen molar-refractivity contribution in [2.45, 2.75) is 32.2 Å². The monoisotopic (exact) mass is 307 g/mol. The summed E-state index contributed by atoms with van der Waals surface area (Å²) in [6.45, 7) is 4.62. The zero-order valence-corrected chi connectivity index (χ0v) is 13.4. The second kappa shape index (κ2) is 6.13. The van der Waals surface area contributed by atoms with E-state index in [9.17, 15) is 0 Å². The Morgan fingerprint density at radius 2 is 2.22 bits per heavy atom. The Labute approximate surface area is 136 Å². The Hall–Kier alpha value is -2.20. The Kier molecular flexibility index (Phi) is 3.83. The van der Waals surface area contributed by atoms with Crippen LogP contribution in [0, 0.1) is 0 Å². The van der Waals surface area contributed by atoms with Gasteiger partial charge in [0.1, 0.15) is 11.3 Å². The lowest BCUT2D eigenvalue weighted by Crippen LogP contribution is -2.28. The molecule has 3 heterocycles. The third-order valence-corrected chi connectivity index (χ3v) is 4.76. The molecule has 2 aromatic heterocycles. The lowest BCUT2D eigenvalue weighted by molar-refractivity contribution is 0.266. The van der Waals surface area contributed by atoms with E-state index in [-0.39, 0.29) is 0 Å². The van der Waals surface area contributed by atoms with Gasteiger partial charge < -0.3 is 9.32 Å². The van der Waals surface area contributed by atoms with Gasteiger partial charge in [-0.3, -0.25) is 9.97 Å². The average Bonchev–Trinajstić information content (AvgIpc) is 3.18. The molecular formula is C19H21N3O. The first-order valence-electron chi connectivity index (χ1n) is 8.32. The van der Waals surface area contributed by atoms with E-state index in [1.54, 1.807) is 18.6 Å². The van der Waals surface area contributed by atoms with Crippen LogP contribution in [0.15, 0.2) is 47.3 Å². The summed E-state index contributed by atoms with van der Waals surface area (Å²) in [5.74, 6) is 1.07. The highest BCUT2D eigenvalue weighted by Crippen LogP contribution is 2.26. The molecule has 0 spiro atoms. The van der Waals surface area contributed by atoms with Crippen LogP contribution in [0.5, 0.6) is 0 Å². The first kappa shape index (κ1) is 14.4. The van der Waals surface area contributed by atoms with Crippen molar-refractivity contribution >= 4 is 11.0 Å². The normalized spacial score (nSPS) is 18.7. The number of likely N-dealkylation sites (tertiary alicyclic amines) is 1. The predicted molar refractivity (Wildman–Crippen MR) is 91.2 cm³/mol. The number of aromatic nitrogens is 2. The molecule has 1 aromatic carbocycles. The van der Waals surface area contributed by atoms with Gasteiger partial charge in [-0.2, -0.15) is 0 Å². The van der Waals surface area contributed by atoms with Crippen LogP contribution in [-0.4, -0.2) is 34.0 Å². The molecular weight excluding hydrogens is 286 g/mol. The maximum atomic E-state index is 5.99. The van der Waals surface area contributed by atoms with E-state index in [4.69, 9.17) is 4.42 Å². The van der Waals surface area contributed by atoms with E-state index in [2.05, 4.69) is 33.9 Å². The number of benzene rings is 1. The summed E-state index contributed by atoms with van der Waals surface area (Å²) in [5, 5.41) is 1.14. The summed E-state index contributed by atoms with van der Waals surface area (Å²) < 4.78 is 5.99. The Morgan fingerprint density at radius 3 is 3.00 bits per heavy atom. The molecule has 1 aliphatic rings. The quantitative estimate of drug-likeness (QED) is 0.732. The molecule has 1 saturated heterocycles. The number of hydrogen-bond acceptors (Lipinski definition) is 4. The van der Waals surface area contributed by atoms with Crippen LogP contribution >= 0.6 is 0 Å². The second-order valence-corrected chi connectivity index (χ2v) is 6.33. The number of furan rings is 1. The molecule has 0 aliphatic carbocycles. The van der Waals surface area contributed by atoms with Gasteiger partial charge in [-0.1, -0.05) is 0 Å². The fourth-order valence-electron chi connectivity index (χ4n) is 3.41. The Balaban J connectivity index is 1.54. The Bertz CT molecular complexity index is 797. The van der Waals surface area contributed by atoms with E-state index in [1.807, 2.05) is 12.1 Å². The van der Waals surface area contributed by atoms with Crippen molar-refractivity contribution in [3.63, 3.8) is 0 Å². The van der Waals surface area contributed by atoms with Crippen molar-refractivity contribution in [1.82, 2.24) is 14.9 Å². The van der Waals surface area contributed by atoms with Gasteiger partial charge >= 0.3 is 0 Å². The van der Waals surface area contributed by atoms with Gasteiger partial charge in [0.25, 0.3) is 0 Å². The lowest BCUT2D eigenvalue weighted by atomic mass is 10.1. The second-order valence-electron chi connectivity index (χ2n) is 6.33. The summed E-state index contributed by atoms with van der Waals surface area (Å²) in [5.41, 5.74) is 2.91. The molecule has 0 N–H and O–H groups in total. The molecule has 3 aromatic rings. The highest BCUT2D eigenvalue weighted by Gasteiger charge is 2.20. The van der Waals surface area contributed by atoms with Gasteiger partial charge in [0, 0.05) is 42.4 Å². The van der Waals surface area contributed by atoms with Crippen molar-refractivity contribution in [2.24, 2.45) is 0 Å². The van der Waals surface area contributed by atoms with Crippen LogP contribution in [0.2, 0.25) is 0 Å². The van der Waals surface area contributed by atoms with Crippen LogP contribution in [0.4, 0.5) is 0 Å². The lowest BCUT2D eigenvalue weighted by Gasteiger charge is -2.19. The third-order valence-electron chi connectivity index (χ3n) is 4.76. The minimum atomic E-state index is 0.711. The van der Waals surface area contributed by atoms with Crippen molar-refractivity contribution in [3.8, 4) is 11.3 Å². The molecule has 4 heteroatoms. The number of hydrogen-bond donors (Lipinski definition) is 0. The van der Waals surface area contributed by atoms with Gasteiger partial charge in [-0.15, -0.1) is 0 Å². The number of nitrogens with zero attached hydrogens (tertiary/aromatic N) is 3. The number of fused-ring (bicyclic) bond motifs is 1. The van der Waals surface area contributed by atoms with Crippen molar-refractivity contribution in [3.05, 3.63) is 48.6 Å². The van der Waals surface area contributed by atoms with Crippen LogP contribution in [0.1, 0.15) is 25.5 Å². The summed E-state index contributed by atoms with van der Waals surface area (Å²) >= 11 is 0. The average molecular weight is 307 g/mol. The standard InChI is InChI=1S/C19H21N3O/c1-14-3-2-9-22(14)10-6-17-12-16-11-15(4-5-19(16)23-17)18-13-20-7-8-21-18/h4-5,7-8,11-14H,2-3,6,9-10H2,1H3/t14-/m1/s1. The van der Waals surface area contributed by atoms with Gasteiger partial charge in [0.05, 0.1) is 11.9 Å². The largest absolute Gasteiger partial charge is 0.461 e. The van der Waals surface area contributed by atoms with Crippen molar-refractivity contribution in [1.29, 1.82) is 0 Å². The minimum absolute atomic E-state index is 0.711. The molecule has 118 valence electrons. The van der Waals surface area contributed by atoms with Gasteiger partial charge in [0.15, 0.2) is 0 Å². The maximum absolute atomic E-state index is 5.99. The van der Waals surface area contributed by atoms with Crippen molar-refractivity contribution < 1.29 is 4.42 Å². The van der Waals surface area contributed by atoms with Crippen LogP contribution in [-0.2, 0) is 6.42 Å². The molecule has 1 fully saturated rings. The third kappa shape index (κ3) is 2.99. The van der Waals surface area contributed by atoms with Gasteiger partial charge in [-0.25, -0.2) is 0 Å². The van der Waals surface area contributed by atoms with Crippen LogP contribution in [0.25, 0.3) is 22.2 Å². The van der Waals surface area contributed by atoms with Crippen LogP contribution in [0.3, 0.4) is 0 Å². The smallest absolute Gasteiger partial charge is 0.134 e. The fourth-order valence-corrected chi connectivity index (χ4v) is 3.41. The first-order valence-corrected chi connectivity index (χ1v) is 8.32.